The number of ether oxygens (including phenoxy) is 1. The fourth-order valence-electron chi connectivity index (χ4n) is 1.45. The zero-order valence-corrected chi connectivity index (χ0v) is 11.3. The summed E-state index contributed by atoms with van der Waals surface area (Å²) in [5.41, 5.74) is -1.03. The van der Waals surface area contributed by atoms with Crippen LogP contribution in [-0.4, -0.2) is 18.4 Å². The monoisotopic (exact) mass is 240 g/mol. The zero-order chi connectivity index (χ0) is 13.3. The van der Waals surface area contributed by atoms with Gasteiger partial charge in [-0.2, -0.15) is 0 Å². The summed E-state index contributed by atoms with van der Waals surface area (Å²) < 4.78 is 4.93. The van der Waals surface area contributed by atoms with Gasteiger partial charge in [-0.15, -0.1) is 0 Å². The van der Waals surface area contributed by atoms with E-state index in [0.717, 1.165) is 25.7 Å². The number of Topliss-reactive ketones (excluding diaryl/α,β-unsaturated/α-hetero) is 1. The van der Waals surface area contributed by atoms with Gasteiger partial charge in [0.25, 0.3) is 0 Å². The van der Waals surface area contributed by atoms with E-state index in [1.165, 1.54) is 6.08 Å². The molecule has 0 aromatic rings. The van der Waals surface area contributed by atoms with Crippen LogP contribution in [0, 0.1) is 5.41 Å². The van der Waals surface area contributed by atoms with Crippen molar-refractivity contribution in [3.8, 4) is 0 Å². The average molecular weight is 240 g/mol. The van der Waals surface area contributed by atoms with Crippen LogP contribution in [-0.2, 0) is 14.3 Å². The first-order valence-corrected chi connectivity index (χ1v) is 6.28. The topological polar surface area (TPSA) is 43.4 Å². The molecule has 0 fully saturated rings. The van der Waals surface area contributed by atoms with E-state index < -0.39 is 11.4 Å². The van der Waals surface area contributed by atoms with Gasteiger partial charge in [-0.25, -0.2) is 0 Å². The normalized spacial score (nSPS) is 11.0. The predicted molar refractivity (Wildman–Crippen MR) is 68.7 cm³/mol. The van der Waals surface area contributed by atoms with Crippen molar-refractivity contribution in [2.24, 2.45) is 5.41 Å². The van der Waals surface area contributed by atoms with Crippen LogP contribution in [0.3, 0.4) is 0 Å². The lowest BCUT2D eigenvalue weighted by atomic mass is 9.85. The molecule has 17 heavy (non-hydrogen) atoms. The van der Waals surface area contributed by atoms with Gasteiger partial charge >= 0.3 is 5.97 Å². The summed E-state index contributed by atoms with van der Waals surface area (Å²) in [6.45, 7) is 9.00. The third kappa shape index (κ3) is 5.66. The van der Waals surface area contributed by atoms with Crippen LogP contribution < -0.4 is 0 Å². The van der Waals surface area contributed by atoms with Gasteiger partial charge in [0, 0.05) is 6.42 Å². The summed E-state index contributed by atoms with van der Waals surface area (Å²) in [5.74, 6) is -0.499. The van der Waals surface area contributed by atoms with E-state index in [4.69, 9.17) is 4.74 Å². The number of unbranched alkanes of at least 4 members (excludes halogenated alkanes) is 3. The first-order valence-electron chi connectivity index (χ1n) is 6.28. The number of esters is 1. The van der Waals surface area contributed by atoms with Crippen LogP contribution in [0.25, 0.3) is 0 Å². The fourth-order valence-corrected chi connectivity index (χ4v) is 1.45. The van der Waals surface area contributed by atoms with Crippen molar-refractivity contribution in [3.05, 3.63) is 12.7 Å². The Hall–Kier alpha value is -1.12. The first-order chi connectivity index (χ1) is 7.96. The molecule has 0 radical (unpaired) electrons. The molecular formula is C14H24O3. The maximum Gasteiger partial charge on any atom is 0.319 e. The molecule has 0 amide bonds. The summed E-state index contributed by atoms with van der Waals surface area (Å²) in [4.78, 5) is 23.6. The Kier molecular flexibility index (Phi) is 7.51. The summed E-state index contributed by atoms with van der Waals surface area (Å²) in [6.07, 6.45) is 6.12. The van der Waals surface area contributed by atoms with E-state index in [1.54, 1.807) is 13.8 Å². The highest BCUT2D eigenvalue weighted by atomic mass is 16.5. The largest absolute Gasteiger partial charge is 0.461 e. The van der Waals surface area contributed by atoms with Crippen molar-refractivity contribution in [2.45, 2.75) is 52.9 Å². The highest BCUT2D eigenvalue weighted by molar-refractivity contribution is 6.02. The second-order valence-corrected chi connectivity index (χ2v) is 4.75. The quantitative estimate of drug-likeness (QED) is 0.269. The minimum Gasteiger partial charge on any atom is -0.461 e. The van der Waals surface area contributed by atoms with Crippen LogP contribution in [0.1, 0.15) is 52.9 Å². The van der Waals surface area contributed by atoms with E-state index in [0.29, 0.717) is 6.42 Å². The Morgan fingerprint density at radius 2 is 1.88 bits per heavy atom. The van der Waals surface area contributed by atoms with Gasteiger partial charge in [-0.05, 0) is 20.3 Å². The van der Waals surface area contributed by atoms with E-state index >= 15 is 0 Å². The number of rotatable bonds is 9. The maximum atomic E-state index is 11.9. The summed E-state index contributed by atoms with van der Waals surface area (Å²) in [5, 5.41) is 0. The second-order valence-electron chi connectivity index (χ2n) is 4.75. The molecule has 3 nitrogen and oxygen atoms in total. The van der Waals surface area contributed by atoms with Gasteiger partial charge < -0.3 is 4.74 Å². The van der Waals surface area contributed by atoms with E-state index in [9.17, 15) is 9.59 Å². The zero-order valence-electron chi connectivity index (χ0n) is 11.3. The van der Waals surface area contributed by atoms with E-state index in [-0.39, 0.29) is 12.4 Å². The lowest BCUT2D eigenvalue weighted by molar-refractivity contribution is -0.157. The van der Waals surface area contributed by atoms with Crippen LogP contribution in [0.4, 0.5) is 0 Å². The molecular weight excluding hydrogens is 216 g/mol. The summed E-state index contributed by atoms with van der Waals surface area (Å²) in [7, 11) is 0. The molecule has 0 aliphatic carbocycles. The molecule has 98 valence electrons. The van der Waals surface area contributed by atoms with Crippen molar-refractivity contribution in [3.63, 3.8) is 0 Å². The number of hydrogen-bond donors (Lipinski definition) is 0. The minimum absolute atomic E-state index is 0.0392. The van der Waals surface area contributed by atoms with Crippen LogP contribution in [0.2, 0.25) is 0 Å². The molecule has 0 heterocycles. The van der Waals surface area contributed by atoms with Crippen molar-refractivity contribution in [1.29, 1.82) is 0 Å². The molecule has 0 saturated carbocycles. The SMILES string of the molecule is C=CCOC(=O)C(C)(C)C(=O)CCCCCC. The third-order valence-electron chi connectivity index (χ3n) is 2.80. The molecule has 0 aromatic carbocycles. The van der Waals surface area contributed by atoms with Crippen molar-refractivity contribution >= 4 is 11.8 Å². The van der Waals surface area contributed by atoms with Crippen molar-refractivity contribution in [2.75, 3.05) is 6.61 Å². The second kappa shape index (κ2) is 8.04. The van der Waals surface area contributed by atoms with E-state index in [2.05, 4.69) is 13.5 Å². The maximum absolute atomic E-state index is 11.9. The van der Waals surface area contributed by atoms with Crippen molar-refractivity contribution < 1.29 is 14.3 Å². The molecule has 0 spiro atoms. The standard InChI is InChI=1S/C14H24O3/c1-5-7-8-9-10-12(15)14(3,4)13(16)17-11-6-2/h6H,2,5,7-11H2,1,3-4H3. The Morgan fingerprint density at radius 1 is 1.24 bits per heavy atom. The average Bonchev–Trinajstić information content (AvgIpc) is 2.31. The number of ketones is 1. The summed E-state index contributed by atoms with van der Waals surface area (Å²) in [6, 6.07) is 0. The summed E-state index contributed by atoms with van der Waals surface area (Å²) >= 11 is 0. The molecule has 0 rings (SSSR count). The lowest BCUT2D eigenvalue weighted by Gasteiger charge is -2.20. The Balaban J connectivity index is 4.14. The Morgan fingerprint density at radius 3 is 2.41 bits per heavy atom. The first kappa shape index (κ1) is 15.9. The molecule has 0 atom stereocenters. The van der Waals surface area contributed by atoms with Crippen LogP contribution in [0.15, 0.2) is 12.7 Å². The van der Waals surface area contributed by atoms with Crippen molar-refractivity contribution in [1.82, 2.24) is 0 Å². The Labute approximate surface area is 104 Å². The number of carbonyl (C=O) groups is 2. The van der Waals surface area contributed by atoms with Gasteiger partial charge in [-0.1, -0.05) is 38.8 Å². The van der Waals surface area contributed by atoms with Gasteiger partial charge in [0.05, 0.1) is 0 Å². The fraction of sp³-hybridized carbons (Fsp3) is 0.714. The minimum atomic E-state index is -1.03. The van der Waals surface area contributed by atoms with E-state index in [1.807, 2.05) is 0 Å². The van der Waals surface area contributed by atoms with Gasteiger partial charge in [0.1, 0.15) is 17.8 Å². The predicted octanol–water partition coefficient (Wildman–Crippen LogP) is 3.28. The highest BCUT2D eigenvalue weighted by Crippen LogP contribution is 2.22. The van der Waals surface area contributed by atoms with Gasteiger partial charge in [-0.3, -0.25) is 9.59 Å². The third-order valence-corrected chi connectivity index (χ3v) is 2.80. The lowest BCUT2D eigenvalue weighted by Crippen LogP contribution is -2.35. The van der Waals surface area contributed by atoms with Gasteiger partial charge in [0.15, 0.2) is 0 Å². The molecule has 0 unspecified atom stereocenters. The molecule has 0 N–H and O–H groups in total. The van der Waals surface area contributed by atoms with Gasteiger partial charge in [0.2, 0.25) is 0 Å². The smallest absolute Gasteiger partial charge is 0.319 e. The molecule has 0 aliphatic rings. The molecule has 3 heteroatoms. The molecule has 0 aromatic heterocycles. The number of carbonyl (C=O) groups excluding carboxylic acids is 2. The van der Waals surface area contributed by atoms with Crippen LogP contribution in [0.5, 0.6) is 0 Å². The highest BCUT2D eigenvalue weighted by Gasteiger charge is 2.36. The molecule has 0 saturated heterocycles. The van der Waals surface area contributed by atoms with Crippen LogP contribution >= 0.6 is 0 Å². The Bertz CT molecular complexity index is 267. The number of hydrogen-bond acceptors (Lipinski definition) is 3. The molecule has 0 bridgehead atoms. The molecule has 0 aliphatic heterocycles.